The highest BCUT2D eigenvalue weighted by Gasteiger charge is 2.47. The van der Waals surface area contributed by atoms with Gasteiger partial charge in [0.25, 0.3) is 0 Å². The first kappa shape index (κ1) is 18.1. The molecule has 4 aliphatic rings. The predicted octanol–water partition coefficient (Wildman–Crippen LogP) is 5.13. The molecule has 4 fully saturated rings. The SMILES string of the molecule is CC1CC2C[C@@H](C1)N2C(=O)Nc1ccc(C(F)(F)F)c([C@@H]2CC[C@@H]2C#N)c1. The van der Waals surface area contributed by atoms with Crippen LogP contribution in [0.4, 0.5) is 23.7 Å². The van der Waals surface area contributed by atoms with E-state index in [2.05, 4.69) is 18.3 Å². The Bertz CT molecular complexity index is 789. The van der Waals surface area contributed by atoms with E-state index in [0.29, 0.717) is 24.4 Å². The average molecular weight is 377 g/mol. The molecule has 2 aliphatic heterocycles. The number of nitrogens with one attached hydrogen (secondary N) is 1. The van der Waals surface area contributed by atoms with Crippen molar-refractivity contribution in [1.29, 1.82) is 5.26 Å². The Kier molecular flexibility index (Phi) is 4.32. The largest absolute Gasteiger partial charge is 0.416 e. The quantitative estimate of drug-likeness (QED) is 0.777. The Morgan fingerprint density at radius 2 is 1.93 bits per heavy atom. The summed E-state index contributed by atoms with van der Waals surface area (Å²) in [5.41, 5.74) is -0.222. The Morgan fingerprint density at radius 1 is 1.22 bits per heavy atom. The van der Waals surface area contributed by atoms with Gasteiger partial charge >= 0.3 is 12.2 Å². The minimum Gasteiger partial charge on any atom is -0.318 e. The van der Waals surface area contributed by atoms with Crippen molar-refractivity contribution >= 4 is 11.7 Å². The van der Waals surface area contributed by atoms with Gasteiger partial charge in [-0.1, -0.05) is 6.92 Å². The van der Waals surface area contributed by atoms with Gasteiger partial charge in [0.2, 0.25) is 0 Å². The molecule has 1 aromatic rings. The summed E-state index contributed by atoms with van der Waals surface area (Å²) in [6, 6.07) is 6.08. The molecule has 1 aromatic carbocycles. The lowest BCUT2D eigenvalue weighted by atomic mass is 9.69. The zero-order valence-electron chi connectivity index (χ0n) is 15.1. The fourth-order valence-electron chi connectivity index (χ4n) is 4.90. The fraction of sp³-hybridized carbons (Fsp3) is 0.600. The summed E-state index contributed by atoms with van der Waals surface area (Å²) in [7, 11) is 0. The molecule has 144 valence electrons. The van der Waals surface area contributed by atoms with Crippen molar-refractivity contribution < 1.29 is 18.0 Å². The first-order valence-electron chi connectivity index (χ1n) is 9.48. The lowest BCUT2D eigenvalue weighted by Gasteiger charge is -2.54. The van der Waals surface area contributed by atoms with Crippen LogP contribution >= 0.6 is 0 Å². The van der Waals surface area contributed by atoms with Crippen LogP contribution < -0.4 is 5.32 Å². The number of alkyl halides is 3. The van der Waals surface area contributed by atoms with Gasteiger partial charge < -0.3 is 10.2 Å². The number of nitriles is 1. The second kappa shape index (κ2) is 6.43. The van der Waals surface area contributed by atoms with Crippen molar-refractivity contribution in [3.8, 4) is 6.07 Å². The third kappa shape index (κ3) is 3.15. The molecule has 2 saturated carbocycles. The summed E-state index contributed by atoms with van der Waals surface area (Å²) in [6.45, 7) is 2.18. The van der Waals surface area contributed by atoms with Crippen LogP contribution in [0.3, 0.4) is 0 Å². The third-order valence-corrected chi connectivity index (χ3v) is 6.36. The monoisotopic (exact) mass is 377 g/mol. The van der Waals surface area contributed by atoms with Crippen LogP contribution in [0.15, 0.2) is 18.2 Å². The topological polar surface area (TPSA) is 56.1 Å². The number of carbonyl (C=O) groups excluding carboxylic acids is 1. The highest BCUT2D eigenvalue weighted by atomic mass is 19.4. The lowest BCUT2D eigenvalue weighted by Crippen LogP contribution is -2.63. The van der Waals surface area contributed by atoms with Gasteiger partial charge in [-0.2, -0.15) is 18.4 Å². The highest BCUT2D eigenvalue weighted by molar-refractivity contribution is 5.90. The van der Waals surface area contributed by atoms with Gasteiger partial charge in [0.15, 0.2) is 0 Å². The number of nitrogens with zero attached hydrogens (tertiary/aromatic N) is 2. The first-order valence-corrected chi connectivity index (χ1v) is 9.48. The number of anilines is 1. The molecule has 2 unspecified atom stereocenters. The van der Waals surface area contributed by atoms with Crippen molar-refractivity contribution in [3.05, 3.63) is 29.3 Å². The molecule has 0 aromatic heterocycles. The molecular formula is C20H22F3N3O. The number of urea groups is 1. The number of hydrogen-bond acceptors (Lipinski definition) is 2. The van der Waals surface area contributed by atoms with E-state index in [4.69, 9.17) is 5.26 Å². The standard InChI is InChI=1S/C20H22F3N3O/c1-11-6-14-9-15(7-11)26(14)19(27)25-13-3-5-18(20(21,22)23)17(8-13)16-4-2-12(16)10-24/h3,5,8,11-12,14-16H,2,4,6-7,9H2,1H3,(H,25,27)/t11?,12-,14-,15?,16-/m1/s1. The minimum absolute atomic E-state index is 0.121. The highest BCUT2D eigenvalue weighted by Crippen LogP contribution is 2.47. The Balaban J connectivity index is 1.55. The molecule has 0 spiro atoms. The maximum absolute atomic E-state index is 13.4. The number of rotatable bonds is 2. The van der Waals surface area contributed by atoms with Crippen molar-refractivity contribution in [3.63, 3.8) is 0 Å². The van der Waals surface area contributed by atoms with E-state index in [9.17, 15) is 18.0 Å². The van der Waals surface area contributed by atoms with Crippen molar-refractivity contribution in [2.45, 2.75) is 63.2 Å². The van der Waals surface area contributed by atoms with Crippen molar-refractivity contribution in [2.24, 2.45) is 11.8 Å². The van der Waals surface area contributed by atoms with E-state index < -0.39 is 23.6 Å². The number of fused-ring (bicyclic) bond motifs is 2. The second-order valence-electron chi connectivity index (χ2n) is 8.18. The summed E-state index contributed by atoms with van der Waals surface area (Å²) in [5, 5.41) is 11.9. The van der Waals surface area contributed by atoms with E-state index in [1.54, 1.807) is 0 Å². The van der Waals surface area contributed by atoms with Crippen LogP contribution in [-0.4, -0.2) is 23.0 Å². The molecule has 4 nitrogen and oxygen atoms in total. The molecule has 7 heteroatoms. The molecule has 2 aliphatic carbocycles. The van der Waals surface area contributed by atoms with E-state index in [-0.39, 0.29) is 23.7 Å². The Hall–Kier alpha value is -2.23. The molecular weight excluding hydrogens is 355 g/mol. The molecule has 2 heterocycles. The maximum atomic E-state index is 13.4. The summed E-state index contributed by atoms with van der Waals surface area (Å²) < 4.78 is 40.2. The molecule has 27 heavy (non-hydrogen) atoms. The van der Waals surface area contributed by atoms with Gasteiger partial charge in [-0.05, 0) is 61.8 Å². The molecule has 2 amide bonds. The smallest absolute Gasteiger partial charge is 0.318 e. The number of halogens is 3. The molecule has 2 bridgehead atoms. The first-order chi connectivity index (χ1) is 12.8. The zero-order valence-corrected chi connectivity index (χ0v) is 15.1. The number of benzene rings is 1. The number of carbonyl (C=O) groups is 1. The van der Waals surface area contributed by atoms with Crippen LogP contribution in [-0.2, 0) is 6.18 Å². The maximum Gasteiger partial charge on any atom is 0.416 e. The lowest BCUT2D eigenvalue weighted by molar-refractivity contribution is -0.138. The summed E-state index contributed by atoms with van der Waals surface area (Å²) >= 11 is 0. The molecule has 2 saturated heterocycles. The number of hydrogen-bond donors (Lipinski definition) is 1. The summed E-state index contributed by atoms with van der Waals surface area (Å²) in [5.74, 6) is -0.210. The Labute approximate surface area is 156 Å². The van der Waals surface area contributed by atoms with Gasteiger partial charge in [-0.15, -0.1) is 0 Å². The molecule has 5 atom stereocenters. The predicted molar refractivity (Wildman–Crippen MR) is 94.0 cm³/mol. The molecule has 0 radical (unpaired) electrons. The van der Waals surface area contributed by atoms with Gasteiger partial charge in [-0.25, -0.2) is 4.79 Å². The minimum atomic E-state index is -4.47. The van der Waals surface area contributed by atoms with Crippen molar-refractivity contribution in [1.82, 2.24) is 4.90 Å². The van der Waals surface area contributed by atoms with E-state index in [0.717, 1.165) is 25.3 Å². The zero-order chi connectivity index (χ0) is 19.3. The summed E-state index contributed by atoms with van der Waals surface area (Å²) in [4.78, 5) is 14.5. The molecule has 1 N–H and O–H groups in total. The Morgan fingerprint density at radius 3 is 2.48 bits per heavy atom. The average Bonchev–Trinajstić information content (AvgIpc) is 2.52. The van der Waals surface area contributed by atoms with E-state index in [1.165, 1.54) is 12.1 Å². The number of amides is 2. The van der Waals surface area contributed by atoms with Crippen LogP contribution in [0, 0.1) is 23.2 Å². The third-order valence-electron chi connectivity index (χ3n) is 6.36. The normalized spacial score (nSPS) is 32.1. The van der Waals surface area contributed by atoms with Gasteiger partial charge in [0.05, 0.1) is 17.6 Å². The van der Waals surface area contributed by atoms with Gasteiger partial charge in [0, 0.05) is 23.7 Å². The number of piperidine rings is 1. The van der Waals surface area contributed by atoms with E-state index >= 15 is 0 Å². The van der Waals surface area contributed by atoms with E-state index in [1.807, 2.05) is 4.90 Å². The molecule has 5 rings (SSSR count). The van der Waals surface area contributed by atoms with Gasteiger partial charge in [0.1, 0.15) is 0 Å². The van der Waals surface area contributed by atoms with Crippen LogP contribution in [0.5, 0.6) is 0 Å². The summed E-state index contributed by atoms with van der Waals surface area (Å²) in [6.07, 6.45) is -0.320. The fourth-order valence-corrected chi connectivity index (χ4v) is 4.90. The van der Waals surface area contributed by atoms with Crippen LogP contribution in [0.25, 0.3) is 0 Å². The van der Waals surface area contributed by atoms with Crippen LogP contribution in [0.1, 0.15) is 56.1 Å². The van der Waals surface area contributed by atoms with Crippen molar-refractivity contribution in [2.75, 3.05) is 5.32 Å². The van der Waals surface area contributed by atoms with Crippen LogP contribution in [0.2, 0.25) is 0 Å². The van der Waals surface area contributed by atoms with Gasteiger partial charge in [-0.3, -0.25) is 0 Å². The second-order valence-corrected chi connectivity index (χ2v) is 8.18.